The molecule has 1 amide bonds. The first-order valence-corrected chi connectivity index (χ1v) is 9.33. The Balaban J connectivity index is 2.08. The number of nitro groups is 1. The number of esters is 1. The molecule has 1 saturated carbocycles. The van der Waals surface area contributed by atoms with Crippen molar-refractivity contribution in [3.63, 3.8) is 0 Å². The molecule has 0 saturated heterocycles. The molecule has 0 bridgehead atoms. The highest BCUT2D eigenvalue weighted by Gasteiger charge is 2.27. The number of carbonyl (C=O) groups excluding carboxylic acids is 2. The number of nitrogens with one attached hydrogen (secondary N) is 1. The fourth-order valence-electron chi connectivity index (χ4n) is 3.28. The molecular formula is C19H26N2O7. The van der Waals surface area contributed by atoms with E-state index in [1.165, 1.54) is 13.2 Å². The van der Waals surface area contributed by atoms with Crippen molar-refractivity contribution in [2.24, 2.45) is 5.92 Å². The fourth-order valence-corrected chi connectivity index (χ4v) is 3.28. The molecule has 2 atom stereocenters. The van der Waals surface area contributed by atoms with Gasteiger partial charge in [0.15, 0.2) is 18.1 Å². The third-order valence-electron chi connectivity index (χ3n) is 4.79. The van der Waals surface area contributed by atoms with Gasteiger partial charge >= 0.3 is 5.97 Å². The predicted molar refractivity (Wildman–Crippen MR) is 101 cm³/mol. The van der Waals surface area contributed by atoms with E-state index in [1.54, 1.807) is 6.92 Å². The average Bonchev–Trinajstić information content (AvgIpc) is 2.67. The number of benzene rings is 1. The summed E-state index contributed by atoms with van der Waals surface area (Å²) in [7, 11) is 1.34. The van der Waals surface area contributed by atoms with E-state index >= 15 is 0 Å². The summed E-state index contributed by atoms with van der Waals surface area (Å²) in [5, 5.41) is 14.2. The standard InChI is InChI=1S/C19H26N2O7/c1-4-27-17-9-13(15(21(24)25)10-16(17)26-3)19(23)28-11-18(22)20-14-8-6-5-7-12(14)2/h9-10,12,14H,4-8,11H2,1-3H3,(H,20,22)/t12-,14+/m0/s1. The topological polar surface area (TPSA) is 117 Å². The third kappa shape index (κ3) is 5.34. The summed E-state index contributed by atoms with van der Waals surface area (Å²) in [4.78, 5) is 35.1. The molecule has 1 aromatic rings. The molecule has 28 heavy (non-hydrogen) atoms. The zero-order valence-corrected chi connectivity index (χ0v) is 16.4. The van der Waals surface area contributed by atoms with Gasteiger partial charge in [-0.05, 0) is 25.7 Å². The van der Waals surface area contributed by atoms with E-state index in [-0.39, 0.29) is 29.7 Å². The van der Waals surface area contributed by atoms with E-state index in [0.717, 1.165) is 31.7 Å². The maximum absolute atomic E-state index is 12.4. The van der Waals surface area contributed by atoms with E-state index in [4.69, 9.17) is 14.2 Å². The Bertz CT molecular complexity index is 735. The Labute approximate surface area is 163 Å². The van der Waals surface area contributed by atoms with Gasteiger partial charge in [0.25, 0.3) is 11.6 Å². The molecule has 0 aliphatic heterocycles. The second kappa shape index (κ2) is 9.91. The van der Waals surface area contributed by atoms with Gasteiger partial charge in [-0.15, -0.1) is 0 Å². The van der Waals surface area contributed by atoms with Crippen LogP contribution in [0.15, 0.2) is 12.1 Å². The molecule has 0 spiro atoms. The van der Waals surface area contributed by atoms with Crippen LogP contribution in [0, 0.1) is 16.0 Å². The first-order valence-electron chi connectivity index (χ1n) is 9.33. The normalized spacial score (nSPS) is 18.8. The number of ether oxygens (including phenoxy) is 3. The van der Waals surface area contributed by atoms with Gasteiger partial charge in [-0.25, -0.2) is 4.79 Å². The summed E-state index contributed by atoms with van der Waals surface area (Å²) >= 11 is 0. The van der Waals surface area contributed by atoms with Crippen molar-refractivity contribution in [2.75, 3.05) is 20.3 Å². The quantitative estimate of drug-likeness (QED) is 0.409. The molecule has 0 unspecified atom stereocenters. The molecule has 1 aliphatic rings. The van der Waals surface area contributed by atoms with Gasteiger partial charge in [0.1, 0.15) is 5.56 Å². The van der Waals surface area contributed by atoms with Gasteiger partial charge in [-0.3, -0.25) is 14.9 Å². The molecule has 2 rings (SSSR count). The number of amides is 1. The Morgan fingerprint density at radius 2 is 1.96 bits per heavy atom. The van der Waals surface area contributed by atoms with Crippen molar-refractivity contribution in [3.05, 3.63) is 27.8 Å². The molecule has 9 nitrogen and oxygen atoms in total. The van der Waals surface area contributed by atoms with E-state index in [9.17, 15) is 19.7 Å². The minimum Gasteiger partial charge on any atom is -0.493 e. The van der Waals surface area contributed by atoms with Crippen LogP contribution in [-0.4, -0.2) is 43.2 Å². The van der Waals surface area contributed by atoms with Gasteiger partial charge in [0.05, 0.1) is 24.7 Å². The second-order valence-corrected chi connectivity index (χ2v) is 6.72. The molecule has 0 aromatic heterocycles. The maximum Gasteiger partial charge on any atom is 0.345 e. The molecule has 1 N–H and O–H groups in total. The van der Waals surface area contributed by atoms with Crippen LogP contribution in [0.5, 0.6) is 11.5 Å². The lowest BCUT2D eigenvalue weighted by atomic mass is 9.86. The Morgan fingerprint density at radius 1 is 1.25 bits per heavy atom. The molecule has 0 heterocycles. The van der Waals surface area contributed by atoms with Crippen molar-refractivity contribution < 1.29 is 28.7 Å². The molecule has 0 radical (unpaired) electrons. The lowest BCUT2D eigenvalue weighted by Gasteiger charge is -2.29. The zero-order chi connectivity index (χ0) is 20.7. The SMILES string of the molecule is CCOc1cc(C(=O)OCC(=O)N[C@@H]2CCCC[C@@H]2C)c([N+](=O)[O-])cc1OC. The van der Waals surface area contributed by atoms with Crippen LogP contribution in [0.4, 0.5) is 5.69 Å². The Morgan fingerprint density at radius 3 is 2.57 bits per heavy atom. The van der Waals surface area contributed by atoms with Gasteiger partial charge in [-0.2, -0.15) is 0 Å². The summed E-state index contributed by atoms with van der Waals surface area (Å²) in [5.74, 6) is -0.711. The summed E-state index contributed by atoms with van der Waals surface area (Å²) in [6.07, 6.45) is 4.13. The Kier molecular flexibility index (Phi) is 7.60. The van der Waals surface area contributed by atoms with Crippen LogP contribution < -0.4 is 14.8 Å². The first kappa shape index (κ1) is 21.5. The van der Waals surface area contributed by atoms with Gasteiger partial charge in [-0.1, -0.05) is 19.8 Å². The number of hydrogen-bond acceptors (Lipinski definition) is 7. The predicted octanol–water partition coefficient (Wildman–Crippen LogP) is 2.85. The van der Waals surface area contributed by atoms with E-state index < -0.39 is 29.1 Å². The van der Waals surface area contributed by atoms with Gasteiger partial charge in [0, 0.05) is 12.1 Å². The van der Waals surface area contributed by atoms with Crippen LogP contribution in [-0.2, 0) is 9.53 Å². The van der Waals surface area contributed by atoms with Crippen LogP contribution >= 0.6 is 0 Å². The minimum absolute atomic E-state index is 0.0554. The molecule has 9 heteroatoms. The van der Waals surface area contributed by atoms with Crippen LogP contribution in [0.2, 0.25) is 0 Å². The lowest BCUT2D eigenvalue weighted by molar-refractivity contribution is -0.385. The summed E-state index contributed by atoms with van der Waals surface area (Å²) in [6.45, 7) is 3.58. The highest BCUT2D eigenvalue weighted by atomic mass is 16.6. The first-order chi connectivity index (χ1) is 13.4. The Hall–Kier alpha value is -2.84. The van der Waals surface area contributed by atoms with Crippen molar-refractivity contribution in [1.82, 2.24) is 5.32 Å². The van der Waals surface area contributed by atoms with E-state index in [2.05, 4.69) is 12.2 Å². The van der Waals surface area contributed by atoms with Crippen LogP contribution in [0.25, 0.3) is 0 Å². The summed E-state index contributed by atoms with van der Waals surface area (Å²) in [5.41, 5.74) is -0.778. The minimum atomic E-state index is -0.970. The monoisotopic (exact) mass is 394 g/mol. The van der Waals surface area contributed by atoms with E-state index in [0.29, 0.717) is 5.92 Å². The number of rotatable bonds is 8. The smallest absolute Gasteiger partial charge is 0.345 e. The summed E-state index contributed by atoms with van der Waals surface area (Å²) < 4.78 is 15.4. The third-order valence-corrected chi connectivity index (χ3v) is 4.79. The fraction of sp³-hybridized carbons (Fsp3) is 0.579. The molecule has 1 aromatic carbocycles. The number of nitro benzene ring substituents is 1. The van der Waals surface area contributed by atoms with Crippen LogP contribution in [0.3, 0.4) is 0 Å². The zero-order valence-electron chi connectivity index (χ0n) is 16.4. The van der Waals surface area contributed by atoms with E-state index in [1.807, 2.05) is 0 Å². The molecule has 154 valence electrons. The second-order valence-electron chi connectivity index (χ2n) is 6.72. The lowest BCUT2D eigenvalue weighted by Crippen LogP contribution is -2.42. The van der Waals surface area contributed by atoms with Gasteiger partial charge < -0.3 is 19.5 Å². The molecule has 1 aliphatic carbocycles. The van der Waals surface area contributed by atoms with Crippen molar-refractivity contribution in [2.45, 2.75) is 45.6 Å². The maximum atomic E-state index is 12.4. The number of hydrogen-bond donors (Lipinski definition) is 1. The number of carbonyl (C=O) groups is 2. The number of methoxy groups -OCH3 is 1. The average molecular weight is 394 g/mol. The summed E-state index contributed by atoms with van der Waals surface area (Å²) in [6, 6.07) is 2.36. The van der Waals surface area contributed by atoms with Crippen LogP contribution in [0.1, 0.15) is 49.9 Å². The molecule has 1 fully saturated rings. The van der Waals surface area contributed by atoms with Crippen molar-refractivity contribution >= 4 is 17.6 Å². The van der Waals surface area contributed by atoms with Crippen molar-refractivity contribution in [3.8, 4) is 11.5 Å². The highest BCUT2D eigenvalue weighted by molar-refractivity contribution is 5.96. The van der Waals surface area contributed by atoms with Gasteiger partial charge in [0.2, 0.25) is 0 Å². The number of nitrogens with zero attached hydrogens (tertiary/aromatic N) is 1. The largest absolute Gasteiger partial charge is 0.493 e. The van der Waals surface area contributed by atoms with Crippen molar-refractivity contribution in [1.29, 1.82) is 0 Å². The highest BCUT2D eigenvalue weighted by Crippen LogP contribution is 2.35. The molecular weight excluding hydrogens is 368 g/mol.